The molecule has 7 heteroatoms. The van der Waals surface area contributed by atoms with Gasteiger partial charge in [-0.05, 0) is 61.9 Å². The summed E-state index contributed by atoms with van der Waals surface area (Å²) in [4.78, 5) is 7.24. The van der Waals surface area contributed by atoms with Crippen LogP contribution in [-0.2, 0) is 9.84 Å². The van der Waals surface area contributed by atoms with Crippen LogP contribution >= 0.6 is 0 Å². The molecule has 0 unspecified atom stereocenters. The number of pyridine rings is 1. The number of sulfone groups is 1. The molecule has 1 saturated heterocycles. The molecule has 0 bridgehead atoms. The van der Waals surface area contributed by atoms with Crippen LogP contribution in [0, 0.1) is 19.8 Å². The van der Waals surface area contributed by atoms with Gasteiger partial charge in [-0.2, -0.15) is 0 Å². The van der Waals surface area contributed by atoms with Gasteiger partial charge in [-0.1, -0.05) is 13.0 Å². The molecule has 32 heavy (non-hydrogen) atoms. The largest absolute Gasteiger partial charge is 0.493 e. The van der Waals surface area contributed by atoms with Crippen molar-refractivity contribution in [3.05, 3.63) is 47.7 Å². The number of rotatable bonds is 5. The van der Waals surface area contributed by atoms with Crippen LogP contribution in [0.3, 0.4) is 0 Å². The molecule has 1 aliphatic rings. The maximum Gasteiger partial charge on any atom is 0.210 e. The lowest BCUT2D eigenvalue weighted by atomic mass is 9.99. The summed E-state index contributed by atoms with van der Waals surface area (Å²) in [6.45, 7) is 7.70. The third kappa shape index (κ3) is 3.90. The van der Waals surface area contributed by atoms with Gasteiger partial charge in [0.1, 0.15) is 4.90 Å². The number of fused-ring (bicyclic) bond motifs is 1. The third-order valence-electron chi connectivity index (χ3n) is 6.36. The highest BCUT2D eigenvalue weighted by Gasteiger charge is 2.29. The summed E-state index contributed by atoms with van der Waals surface area (Å²) < 4.78 is 38.6. The smallest absolute Gasteiger partial charge is 0.210 e. The van der Waals surface area contributed by atoms with Gasteiger partial charge < -0.3 is 14.4 Å². The highest BCUT2D eigenvalue weighted by atomic mass is 32.2. The second-order valence-corrected chi connectivity index (χ2v) is 10.6. The van der Waals surface area contributed by atoms with Crippen molar-refractivity contribution in [2.45, 2.75) is 43.4 Å². The van der Waals surface area contributed by atoms with Gasteiger partial charge >= 0.3 is 0 Å². The predicted molar refractivity (Wildman–Crippen MR) is 127 cm³/mol. The summed E-state index contributed by atoms with van der Waals surface area (Å²) in [7, 11) is -0.621. The van der Waals surface area contributed by atoms with Crippen molar-refractivity contribution >= 4 is 26.4 Å². The topological polar surface area (TPSA) is 68.7 Å². The Balaban J connectivity index is 2.01. The van der Waals surface area contributed by atoms with Crippen molar-refractivity contribution < 1.29 is 17.9 Å². The van der Waals surface area contributed by atoms with E-state index in [1.165, 1.54) is 6.20 Å². The number of hydrogen-bond donors (Lipinski definition) is 0. The van der Waals surface area contributed by atoms with Gasteiger partial charge in [-0.15, -0.1) is 0 Å². The Morgan fingerprint density at radius 2 is 1.75 bits per heavy atom. The zero-order valence-corrected chi connectivity index (χ0v) is 20.1. The minimum absolute atomic E-state index is 0.231. The Morgan fingerprint density at radius 3 is 2.41 bits per heavy atom. The van der Waals surface area contributed by atoms with Crippen molar-refractivity contribution in [2.75, 3.05) is 32.2 Å². The Kier molecular flexibility index (Phi) is 6.03. The Morgan fingerprint density at radius 1 is 1.03 bits per heavy atom. The molecule has 2 heterocycles. The lowest BCUT2D eigenvalue weighted by Crippen LogP contribution is -2.35. The second-order valence-electron chi connectivity index (χ2n) is 8.64. The number of anilines is 1. The first-order chi connectivity index (χ1) is 15.3. The van der Waals surface area contributed by atoms with E-state index in [9.17, 15) is 8.42 Å². The van der Waals surface area contributed by atoms with Crippen molar-refractivity contribution in [3.63, 3.8) is 0 Å². The van der Waals surface area contributed by atoms with E-state index in [-0.39, 0.29) is 9.79 Å². The maximum atomic E-state index is 13.8. The molecule has 0 saturated carbocycles. The Bertz CT molecular complexity index is 1270. The minimum atomic E-state index is -3.78. The second kappa shape index (κ2) is 8.62. The van der Waals surface area contributed by atoms with Crippen LogP contribution in [0.2, 0.25) is 0 Å². The zero-order chi connectivity index (χ0) is 23.0. The van der Waals surface area contributed by atoms with E-state index in [1.54, 1.807) is 32.4 Å². The molecule has 1 aliphatic heterocycles. The highest BCUT2D eigenvalue weighted by molar-refractivity contribution is 7.91. The lowest BCUT2D eigenvalue weighted by molar-refractivity contribution is 0.355. The van der Waals surface area contributed by atoms with Crippen molar-refractivity contribution in [3.8, 4) is 11.5 Å². The molecule has 3 aromatic rings. The summed E-state index contributed by atoms with van der Waals surface area (Å²) in [6, 6.07) is 8.92. The molecule has 2 aromatic carbocycles. The molecular weight excluding hydrogens is 424 g/mol. The standard InChI is InChI=1S/C25H30N2O4S/c1-16-7-6-10-27(15-16)25-20-12-22(30-4)23(31-5)13-21(20)26-14-24(25)32(28,29)19-9-8-17(2)18(3)11-19/h8-9,11-14,16H,6-7,10,15H2,1-5H3/t16-/m0/s1. The third-order valence-corrected chi connectivity index (χ3v) is 8.12. The normalized spacial score (nSPS) is 16.9. The fourth-order valence-corrected chi connectivity index (χ4v) is 5.93. The number of aryl methyl sites for hydroxylation is 2. The van der Waals surface area contributed by atoms with Gasteiger partial charge in [0.2, 0.25) is 9.84 Å². The van der Waals surface area contributed by atoms with Crippen molar-refractivity contribution in [1.29, 1.82) is 0 Å². The van der Waals surface area contributed by atoms with Crippen molar-refractivity contribution in [1.82, 2.24) is 4.98 Å². The molecule has 0 N–H and O–H groups in total. The van der Waals surface area contributed by atoms with Crippen LogP contribution in [0.5, 0.6) is 11.5 Å². The van der Waals surface area contributed by atoms with Gasteiger partial charge in [0.15, 0.2) is 11.5 Å². The van der Waals surface area contributed by atoms with Gasteiger partial charge in [-0.3, -0.25) is 4.98 Å². The zero-order valence-electron chi connectivity index (χ0n) is 19.3. The van der Waals surface area contributed by atoms with E-state index in [0.717, 1.165) is 42.4 Å². The van der Waals surface area contributed by atoms with E-state index < -0.39 is 9.84 Å². The average Bonchev–Trinajstić information content (AvgIpc) is 2.78. The number of benzene rings is 2. The van der Waals surface area contributed by atoms with Gasteiger partial charge in [0.05, 0.1) is 30.3 Å². The fourth-order valence-electron chi connectivity index (χ4n) is 4.41. The molecule has 4 rings (SSSR count). The number of methoxy groups -OCH3 is 2. The molecule has 1 aromatic heterocycles. The molecule has 1 fully saturated rings. The number of aromatic nitrogens is 1. The molecule has 0 radical (unpaired) electrons. The first kappa shape index (κ1) is 22.4. The Labute approximate surface area is 190 Å². The molecular formula is C25H30N2O4S. The van der Waals surface area contributed by atoms with Crippen LogP contribution in [0.15, 0.2) is 46.3 Å². The molecule has 0 amide bonds. The van der Waals surface area contributed by atoms with Crippen LogP contribution in [0.25, 0.3) is 10.9 Å². The van der Waals surface area contributed by atoms with E-state index in [2.05, 4.69) is 16.8 Å². The van der Waals surface area contributed by atoms with Crippen molar-refractivity contribution in [2.24, 2.45) is 5.92 Å². The number of nitrogens with zero attached hydrogens (tertiary/aromatic N) is 2. The molecule has 1 atom stereocenters. The van der Waals surface area contributed by atoms with Crippen LogP contribution < -0.4 is 14.4 Å². The first-order valence-electron chi connectivity index (χ1n) is 10.9. The fraction of sp³-hybridized carbons (Fsp3) is 0.400. The molecule has 170 valence electrons. The van der Waals surface area contributed by atoms with Crippen LogP contribution in [0.1, 0.15) is 30.9 Å². The minimum Gasteiger partial charge on any atom is -0.493 e. The van der Waals surface area contributed by atoms with E-state index in [0.29, 0.717) is 28.6 Å². The molecule has 0 aliphatic carbocycles. The van der Waals surface area contributed by atoms with Gasteiger partial charge in [-0.25, -0.2) is 8.42 Å². The SMILES string of the molecule is COc1cc2ncc(S(=O)(=O)c3ccc(C)c(C)c3)c(N3CCC[C@H](C)C3)c2cc1OC. The monoisotopic (exact) mass is 454 g/mol. The van der Waals surface area contributed by atoms with Crippen LogP contribution in [0.4, 0.5) is 5.69 Å². The quantitative estimate of drug-likeness (QED) is 0.544. The summed E-state index contributed by atoms with van der Waals surface area (Å²) in [6.07, 6.45) is 3.64. The molecule has 6 nitrogen and oxygen atoms in total. The Hall–Kier alpha value is -2.80. The van der Waals surface area contributed by atoms with E-state index in [4.69, 9.17) is 9.47 Å². The predicted octanol–water partition coefficient (Wildman–Crippen LogP) is 4.94. The number of ether oxygens (including phenoxy) is 2. The summed E-state index contributed by atoms with van der Waals surface area (Å²) in [5, 5.41) is 0.752. The van der Waals surface area contributed by atoms with E-state index in [1.807, 2.05) is 26.0 Å². The summed E-state index contributed by atoms with van der Waals surface area (Å²) in [5.74, 6) is 1.59. The molecule has 0 spiro atoms. The lowest BCUT2D eigenvalue weighted by Gasteiger charge is -2.34. The van der Waals surface area contributed by atoms with Gasteiger partial charge in [0, 0.05) is 30.7 Å². The highest BCUT2D eigenvalue weighted by Crippen LogP contribution is 2.41. The number of hydrogen-bond acceptors (Lipinski definition) is 6. The summed E-state index contributed by atoms with van der Waals surface area (Å²) >= 11 is 0. The van der Waals surface area contributed by atoms with Gasteiger partial charge in [0.25, 0.3) is 0 Å². The number of piperidine rings is 1. The van der Waals surface area contributed by atoms with E-state index >= 15 is 0 Å². The maximum absolute atomic E-state index is 13.8. The average molecular weight is 455 g/mol. The summed E-state index contributed by atoms with van der Waals surface area (Å²) in [5.41, 5.74) is 3.37. The van der Waals surface area contributed by atoms with Crippen LogP contribution in [-0.4, -0.2) is 40.7 Å². The first-order valence-corrected chi connectivity index (χ1v) is 12.4.